The number of hydrogen-bond donors (Lipinski definition) is 2. The predicted octanol–water partition coefficient (Wildman–Crippen LogP) is 1.39. The molecule has 1 aromatic carbocycles. The molecule has 0 fully saturated rings. The van der Waals surface area contributed by atoms with Crippen LogP contribution in [-0.2, 0) is 0 Å². The van der Waals surface area contributed by atoms with Crippen LogP contribution >= 0.6 is 0 Å². The molecule has 0 aromatic heterocycles. The molecule has 0 saturated heterocycles. The van der Waals surface area contributed by atoms with Crippen LogP contribution in [0.4, 0.5) is 13.2 Å². The Morgan fingerprint density at radius 2 is 2.00 bits per heavy atom. The molecule has 3 N–H and O–H groups in total. The molecule has 4 nitrogen and oxygen atoms in total. The number of hydrogen-bond acceptors (Lipinski definition) is 3. The number of carbonyl (C=O) groups is 1. The van der Waals surface area contributed by atoms with Crippen LogP contribution in [0.2, 0.25) is 0 Å². The Bertz CT molecular complexity index is 389. The van der Waals surface area contributed by atoms with Gasteiger partial charge in [-0.25, -0.2) is 0 Å². The Balaban J connectivity index is 3.03. The second-order valence-electron chi connectivity index (χ2n) is 2.59. The Hall–Kier alpha value is -1.92. The number of amides is 1. The van der Waals surface area contributed by atoms with Gasteiger partial charge in [0.2, 0.25) is 0 Å². The first-order chi connectivity index (χ1) is 6.79. The maximum atomic E-state index is 11.8. The minimum atomic E-state index is -4.86. The number of halogens is 3. The standard InChI is InChI=1S/C8H6F3NO3/c9-8(10,11)15-4-1-2-6(13)5(3-4)7(12)14/h1-3,13H,(H2,12,14). The number of phenols is 1. The average Bonchev–Trinajstić information content (AvgIpc) is 2.05. The summed E-state index contributed by atoms with van der Waals surface area (Å²) in [6.45, 7) is 0. The summed E-state index contributed by atoms with van der Waals surface area (Å²) in [7, 11) is 0. The maximum Gasteiger partial charge on any atom is 0.573 e. The third-order valence-electron chi connectivity index (χ3n) is 1.47. The Kier molecular flexibility index (Phi) is 2.74. The van der Waals surface area contributed by atoms with E-state index in [0.717, 1.165) is 12.1 Å². The fourth-order valence-corrected chi connectivity index (χ4v) is 0.910. The van der Waals surface area contributed by atoms with Crippen molar-refractivity contribution in [2.45, 2.75) is 6.36 Å². The Morgan fingerprint density at radius 3 is 2.47 bits per heavy atom. The minimum absolute atomic E-state index is 0.434. The summed E-state index contributed by atoms with van der Waals surface area (Å²) in [5.74, 6) is -2.16. The second kappa shape index (κ2) is 3.68. The van der Waals surface area contributed by atoms with Crippen LogP contribution in [0, 0.1) is 0 Å². The van der Waals surface area contributed by atoms with Gasteiger partial charge in [0.1, 0.15) is 11.5 Å². The highest BCUT2D eigenvalue weighted by molar-refractivity contribution is 5.95. The molecule has 1 rings (SSSR count). The highest BCUT2D eigenvalue weighted by Crippen LogP contribution is 2.27. The molecule has 1 aromatic rings. The summed E-state index contributed by atoms with van der Waals surface area (Å²) >= 11 is 0. The van der Waals surface area contributed by atoms with E-state index in [2.05, 4.69) is 4.74 Å². The molecule has 0 aliphatic heterocycles. The molecular formula is C8H6F3NO3. The van der Waals surface area contributed by atoms with Gasteiger partial charge < -0.3 is 15.6 Å². The molecule has 0 radical (unpaired) electrons. The van der Waals surface area contributed by atoms with Crippen molar-refractivity contribution < 1.29 is 27.8 Å². The lowest BCUT2D eigenvalue weighted by Crippen LogP contribution is -2.18. The van der Waals surface area contributed by atoms with Crippen LogP contribution in [-0.4, -0.2) is 17.4 Å². The minimum Gasteiger partial charge on any atom is -0.507 e. The third kappa shape index (κ3) is 3.04. The van der Waals surface area contributed by atoms with Crippen LogP contribution in [0.25, 0.3) is 0 Å². The van der Waals surface area contributed by atoms with Crippen molar-refractivity contribution >= 4 is 5.91 Å². The second-order valence-corrected chi connectivity index (χ2v) is 2.59. The largest absolute Gasteiger partial charge is 0.573 e. The molecule has 0 atom stereocenters. The number of ether oxygens (including phenoxy) is 1. The zero-order valence-electron chi connectivity index (χ0n) is 7.21. The zero-order chi connectivity index (χ0) is 11.6. The summed E-state index contributed by atoms with van der Waals surface area (Å²) in [6, 6.07) is 2.47. The van der Waals surface area contributed by atoms with Crippen molar-refractivity contribution in [1.82, 2.24) is 0 Å². The summed E-state index contributed by atoms with van der Waals surface area (Å²) < 4.78 is 38.9. The first-order valence-electron chi connectivity index (χ1n) is 3.68. The molecular weight excluding hydrogens is 215 g/mol. The summed E-state index contributed by atoms with van der Waals surface area (Å²) in [5.41, 5.74) is 4.38. The van der Waals surface area contributed by atoms with Gasteiger partial charge in [-0.05, 0) is 18.2 Å². The Morgan fingerprint density at radius 1 is 1.40 bits per heavy atom. The van der Waals surface area contributed by atoms with Crippen molar-refractivity contribution in [2.75, 3.05) is 0 Å². The van der Waals surface area contributed by atoms with Crippen LogP contribution in [0.5, 0.6) is 11.5 Å². The molecule has 7 heteroatoms. The number of rotatable bonds is 2. The molecule has 0 aliphatic carbocycles. The summed E-state index contributed by atoms with van der Waals surface area (Å²) in [4.78, 5) is 10.7. The lowest BCUT2D eigenvalue weighted by atomic mass is 10.2. The van der Waals surface area contributed by atoms with Gasteiger partial charge in [-0.3, -0.25) is 4.79 Å². The quantitative estimate of drug-likeness (QED) is 0.792. The van der Waals surface area contributed by atoms with E-state index < -0.39 is 29.3 Å². The monoisotopic (exact) mass is 221 g/mol. The molecule has 0 bridgehead atoms. The van der Waals surface area contributed by atoms with Gasteiger partial charge in [-0.15, -0.1) is 13.2 Å². The number of alkyl halides is 3. The van der Waals surface area contributed by atoms with Gasteiger partial charge in [-0.1, -0.05) is 0 Å². The zero-order valence-corrected chi connectivity index (χ0v) is 7.21. The fraction of sp³-hybridized carbons (Fsp3) is 0.125. The SMILES string of the molecule is NC(=O)c1cc(OC(F)(F)F)ccc1O. The summed E-state index contributed by atoms with van der Waals surface area (Å²) in [6.07, 6.45) is -4.86. The van der Waals surface area contributed by atoms with Crippen LogP contribution in [0.3, 0.4) is 0 Å². The highest BCUT2D eigenvalue weighted by atomic mass is 19.4. The van der Waals surface area contributed by atoms with Crippen molar-refractivity contribution in [1.29, 1.82) is 0 Å². The van der Waals surface area contributed by atoms with Crippen LogP contribution in [0.1, 0.15) is 10.4 Å². The van der Waals surface area contributed by atoms with Crippen molar-refractivity contribution in [2.24, 2.45) is 5.73 Å². The maximum absolute atomic E-state index is 11.8. The molecule has 0 unspecified atom stereocenters. The molecule has 0 saturated carbocycles. The molecule has 82 valence electrons. The van der Waals surface area contributed by atoms with Gasteiger partial charge >= 0.3 is 6.36 Å². The van der Waals surface area contributed by atoms with E-state index in [1.807, 2.05) is 0 Å². The molecule has 0 aliphatic rings. The number of benzene rings is 1. The number of nitrogens with two attached hydrogens (primary N) is 1. The molecule has 15 heavy (non-hydrogen) atoms. The number of carbonyl (C=O) groups excluding carboxylic acids is 1. The van der Waals surface area contributed by atoms with E-state index in [-0.39, 0.29) is 0 Å². The van der Waals surface area contributed by atoms with Crippen molar-refractivity contribution in [3.05, 3.63) is 23.8 Å². The van der Waals surface area contributed by atoms with Crippen molar-refractivity contribution in [3.8, 4) is 11.5 Å². The van der Waals surface area contributed by atoms with E-state index >= 15 is 0 Å². The van der Waals surface area contributed by atoms with E-state index in [1.54, 1.807) is 0 Å². The van der Waals surface area contributed by atoms with Gasteiger partial charge in [0.25, 0.3) is 5.91 Å². The topological polar surface area (TPSA) is 72.6 Å². The normalized spacial score (nSPS) is 11.1. The predicted molar refractivity (Wildman–Crippen MR) is 43.3 cm³/mol. The first-order valence-corrected chi connectivity index (χ1v) is 3.68. The first kappa shape index (κ1) is 11.2. The number of aromatic hydroxyl groups is 1. The smallest absolute Gasteiger partial charge is 0.507 e. The van der Waals surface area contributed by atoms with E-state index in [0.29, 0.717) is 6.07 Å². The van der Waals surface area contributed by atoms with Gasteiger partial charge in [0.15, 0.2) is 0 Å². The van der Waals surface area contributed by atoms with Crippen LogP contribution < -0.4 is 10.5 Å². The van der Waals surface area contributed by atoms with Crippen molar-refractivity contribution in [3.63, 3.8) is 0 Å². The molecule has 0 heterocycles. The highest BCUT2D eigenvalue weighted by Gasteiger charge is 2.31. The lowest BCUT2D eigenvalue weighted by molar-refractivity contribution is -0.274. The lowest BCUT2D eigenvalue weighted by Gasteiger charge is -2.09. The van der Waals surface area contributed by atoms with Gasteiger partial charge in [0, 0.05) is 0 Å². The molecule has 0 spiro atoms. The molecule has 1 amide bonds. The third-order valence-corrected chi connectivity index (χ3v) is 1.47. The summed E-state index contributed by atoms with van der Waals surface area (Å²) in [5, 5.41) is 9.07. The average molecular weight is 221 g/mol. The fourth-order valence-electron chi connectivity index (χ4n) is 0.910. The van der Waals surface area contributed by atoms with E-state index in [9.17, 15) is 18.0 Å². The Labute approximate surface area is 82.1 Å². The van der Waals surface area contributed by atoms with Gasteiger partial charge in [-0.2, -0.15) is 0 Å². The number of primary amides is 1. The van der Waals surface area contributed by atoms with Gasteiger partial charge in [0.05, 0.1) is 5.56 Å². The van der Waals surface area contributed by atoms with E-state index in [4.69, 9.17) is 10.8 Å². The van der Waals surface area contributed by atoms with Crippen LogP contribution in [0.15, 0.2) is 18.2 Å². The van der Waals surface area contributed by atoms with E-state index in [1.165, 1.54) is 0 Å².